The number of nitrogens with one attached hydrogen (secondary N) is 1. The van der Waals surface area contributed by atoms with Gasteiger partial charge >= 0.3 is 17.7 Å². The molecule has 262 valence electrons. The van der Waals surface area contributed by atoms with Crippen molar-refractivity contribution in [2.45, 2.75) is 135 Å². The highest BCUT2D eigenvalue weighted by Crippen LogP contribution is 2.41. The third-order valence-electron chi connectivity index (χ3n) is 8.45. The van der Waals surface area contributed by atoms with Crippen LogP contribution in [0.15, 0.2) is 42.5 Å². The maximum absolute atomic E-state index is 13.4. The number of esters is 2. The van der Waals surface area contributed by atoms with Crippen LogP contribution in [0.25, 0.3) is 0 Å². The van der Waals surface area contributed by atoms with Crippen LogP contribution in [0.4, 0.5) is 0 Å². The second-order valence-corrected chi connectivity index (χ2v) is 13.1. The van der Waals surface area contributed by atoms with Gasteiger partial charge in [-0.3, -0.25) is 0 Å². The Kier molecular flexibility index (Phi) is 17.4. The molecule has 0 fully saturated rings. The largest absolute Gasteiger partial charge is 0.459 e. The van der Waals surface area contributed by atoms with Gasteiger partial charge in [-0.05, 0) is 61.6 Å². The van der Waals surface area contributed by atoms with Gasteiger partial charge in [0.05, 0.1) is 19.3 Å². The molecule has 2 N–H and O–H groups in total. The van der Waals surface area contributed by atoms with E-state index in [1.165, 1.54) is 38.5 Å². The minimum Gasteiger partial charge on any atom is -0.459 e. The van der Waals surface area contributed by atoms with Gasteiger partial charge in [-0.1, -0.05) is 121 Å². The molecule has 8 nitrogen and oxygen atoms in total. The number of carbonyl (C=O) groups is 2. The molecule has 2 aromatic carbocycles. The molecule has 0 saturated heterocycles. The van der Waals surface area contributed by atoms with Crippen molar-refractivity contribution in [3.05, 3.63) is 58.6 Å². The zero-order valence-corrected chi connectivity index (χ0v) is 29.5. The molecule has 0 spiro atoms. The van der Waals surface area contributed by atoms with E-state index < -0.39 is 23.8 Å². The van der Waals surface area contributed by atoms with Crippen LogP contribution < -0.4 is 14.8 Å². The monoisotopic (exact) mass is 673 g/mol. The van der Waals surface area contributed by atoms with Gasteiger partial charge in [0, 0.05) is 17.6 Å². The molecule has 2 atom stereocenters. The summed E-state index contributed by atoms with van der Waals surface area (Å²) in [5.74, 6) is -3.54. The Morgan fingerprint density at radius 3 is 1.91 bits per heavy atom. The van der Waals surface area contributed by atoms with E-state index in [1.54, 1.807) is 24.3 Å². The molecule has 1 aliphatic heterocycles. The molecular weight excluding hydrogens is 618 g/mol. The summed E-state index contributed by atoms with van der Waals surface area (Å²) >= 11 is 6.07. The number of ether oxygens (including phenoxy) is 4. The van der Waals surface area contributed by atoms with Gasteiger partial charge in [-0.2, -0.15) is 0 Å². The summed E-state index contributed by atoms with van der Waals surface area (Å²) in [5, 5.41) is 14.5. The first-order valence-electron chi connectivity index (χ1n) is 17.8. The summed E-state index contributed by atoms with van der Waals surface area (Å²) in [5.41, 5.74) is 1.66. The van der Waals surface area contributed by atoms with Crippen LogP contribution in [0.1, 0.15) is 128 Å². The second kappa shape index (κ2) is 21.2. The first-order chi connectivity index (χ1) is 22.8. The van der Waals surface area contributed by atoms with Gasteiger partial charge < -0.3 is 29.4 Å². The Hall–Kier alpha value is -2.81. The molecule has 0 amide bonds. The summed E-state index contributed by atoms with van der Waals surface area (Å²) < 4.78 is 23.0. The first kappa shape index (κ1) is 38.6. The first-order valence-corrected chi connectivity index (χ1v) is 18.2. The lowest BCUT2D eigenvalue weighted by Gasteiger charge is -2.23. The Morgan fingerprint density at radius 1 is 0.787 bits per heavy atom. The number of benzene rings is 2. The van der Waals surface area contributed by atoms with E-state index in [4.69, 9.17) is 30.5 Å². The summed E-state index contributed by atoms with van der Waals surface area (Å²) in [4.78, 5) is 26.8. The van der Waals surface area contributed by atoms with Crippen LogP contribution >= 0.6 is 11.6 Å². The van der Waals surface area contributed by atoms with Gasteiger partial charge in [0.25, 0.3) is 0 Å². The number of fused-ring (bicyclic) bond motifs is 1. The van der Waals surface area contributed by atoms with Crippen molar-refractivity contribution in [2.75, 3.05) is 19.8 Å². The fraction of sp³-hybridized carbons (Fsp3) is 0.632. The quantitative estimate of drug-likeness (QED) is 0.0648. The zero-order valence-electron chi connectivity index (χ0n) is 28.7. The third-order valence-corrected chi connectivity index (χ3v) is 8.69. The molecule has 0 bridgehead atoms. The van der Waals surface area contributed by atoms with Crippen LogP contribution in [-0.4, -0.2) is 48.6 Å². The topological polar surface area (TPSA) is 103 Å². The summed E-state index contributed by atoms with van der Waals surface area (Å²) in [7, 11) is 0. The Morgan fingerprint density at radius 2 is 1.34 bits per heavy atom. The lowest BCUT2D eigenvalue weighted by atomic mass is 10.1. The molecule has 1 heterocycles. The predicted octanol–water partition coefficient (Wildman–Crippen LogP) is 8.65. The number of carbonyl (C=O) groups excluding carboxylic acids is 2. The lowest BCUT2D eigenvalue weighted by Crippen LogP contribution is -2.56. The van der Waals surface area contributed by atoms with Crippen molar-refractivity contribution in [3.8, 4) is 11.5 Å². The number of unbranched alkanes of at least 4 members (excludes halogenated alkanes) is 12. The Labute approximate surface area is 286 Å². The number of hydrogen-bond acceptors (Lipinski definition) is 8. The van der Waals surface area contributed by atoms with Crippen molar-refractivity contribution in [1.29, 1.82) is 0 Å². The molecule has 9 heteroatoms. The van der Waals surface area contributed by atoms with Crippen molar-refractivity contribution < 1.29 is 33.6 Å². The van der Waals surface area contributed by atoms with Crippen molar-refractivity contribution >= 4 is 23.5 Å². The van der Waals surface area contributed by atoms with E-state index in [9.17, 15) is 14.7 Å². The molecule has 2 aromatic rings. The number of halogens is 1. The SMILES string of the molecule is CCCCCCCCCOC(=O)C1(C(=O)OCCCCCCCCC)Oc2ccc(CC(C)NCC(O)c3cccc(Cl)c3)cc2O1. The van der Waals surface area contributed by atoms with E-state index in [0.717, 1.165) is 49.7 Å². The maximum atomic E-state index is 13.4. The maximum Gasteiger partial charge on any atom is 0.453 e. The van der Waals surface area contributed by atoms with Gasteiger partial charge in [-0.15, -0.1) is 0 Å². The normalized spacial score (nSPS) is 14.5. The number of aliphatic hydroxyl groups excluding tert-OH is 1. The van der Waals surface area contributed by atoms with Gasteiger partial charge in [-0.25, -0.2) is 9.59 Å². The number of hydrogen-bond donors (Lipinski definition) is 2. The number of rotatable bonds is 24. The lowest BCUT2D eigenvalue weighted by molar-refractivity contribution is -0.202. The molecule has 3 rings (SSSR count). The number of aliphatic hydroxyl groups is 1. The molecular formula is C38H56ClNO7. The molecule has 47 heavy (non-hydrogen) atoms. The molecule has 2 unspecified atom stereocenters. The Bertz CT molecular complexity index is 1190. The van der Waals surface area contributed by atoms with Gasteiger partial charge in [0.15, 0.2) is 11.5 Å². The van der Waals surface area contributed by atoms with Crippen LogP contribution in [0.2, 0.25) is 5.02 Å². The van der Waals surface area contributed by atoms with E-state index in [-0.39, 0.29) is 30.8 Å². The summed E-state index contributed by atoms with van der Waals surface area (Å²) in [6.07, 6.45) is 15.0. The summed E-state index contributed by atoms with van der Waals surface area (Å²) in [6.45, 7) is 7.11. The molecule has 0 aliphatic carbocycles. The van der Waals surface area contributed by atoms with Crippen molar-refractivity contribution in [1.82, 2.24) is 5.32 Å². The van der Waals surface area contributed by atoms with E-state index in [2.05, 4.69) is 19.2 Å². The standard InChI is InChI=1S/C38H56ClNO7/c1-4-6-8-10-12-14-16-23-44-36(42)38(37(43)45-24-17-15-13-11-9-7-5-2)46-34-22-21-30(26-35(34)47-38)25-29(3)40-28-33(41)31-19-18-20-32(39)27-31/h18-22,26-27,29,33,40-41H,4-17,23-25,28H2,1-3H3. The van der Waals surface area contributed by atoms with E-state index in [0.29, 0.717) is 30.8 Å². The van der Waals surface area contributed by atoms with Crippen LogP contribution in [-0.2, 0) is 25.5 Å². The molecule has 1 aliphatic rings. The second-order valence-electron chi connectivity index (χ2n) is 12.7. The highest BCUT2D eigenvalue weighted by atomic mass is 35.5. The van der Waals surface area contributed by atoms with E-state index in [1.807, 2.05) is 25.1 Å². The van der Waals surface area contributed by atoms with Crippen molar-refractivity contribution in [2.24, 2.45) is 0 Å². The van der Waals surface area contributed by atoms with Crippen LogP contribution in [0.5, 0.6) is 11.5 Å². The van der Waals surface area contributed by atoms with E-state index >= 15 is 0 Å². The highest BCUT2D eigenvalue weighted by Gasteiger charge is 2.59. The minimum absolute atomic E-state index is 0.00726. The average Bonchev–Trinajstić information content (AvgIpc) is 3.46. The van der Waals surface area contributed by atoms with Crippen molar-refractivity contribution in [3.63, 3.8) is 0 Å². The third kappa shape index (κ3) is 13.0. The predicted molar refractivity (Wildman–Crippen MR) is 186 cm³/mol. The minimum atomic E-state index is -2.33. The fourth-order valence-corrected chi connectivity index (χ4v) is 5.83. The molecule has 0 aromatic heterocycles. The Balaban J connectivity index is 1.58. The van der Waals surface area contributed by atoms with Gasteiger partial charge in [0.2, 0.25) is 0 Å². The van der Waals surface area contributed by atoms with Crippen LogP contribution in [0, 0.1) is 0 Å². The fourth-order valence-electron chi connectivity index (χ4n) is 5.63. The molecule has 0 saturated carbocycles. The van der Waals surface area contributed by atoms with Gasteiger partial charge in [0.1, 0.15) is 0 Å². The molecule has 0 radical (unpaired) electrons. The smallest absolute Gasteiger partial charge is 0.453 e. The van der Waals surface area contributed by atoms with Crippen LogP contribution in [0.3, 0.4) is 0 Å². The average molecular weight is 674 g/mol. The zero-order chi connectivity index (χ0) is 33.9. The summed E-state index contributed by atoms with van der Waals surface area (Å²) in [6, 6.07) is 12.5. The highest BCUT2D eigenvalue weighted by molar-refractivity contribution is 6.30.